The van der Waals surface area contributed by atoms with Gasteiger partial charge in [-0.25, -0.2) is 0 Å². The predicted octanol–water partition coefficient (Wildman–Crippen LogP) is 0.314. The normalized spacial score (nSPS) is 8.15. The topological polar surface area (TPSA) is 54.0 Å². The maximum atomic E-state index is 3.57. The molecular formula is C8H10GaN4+. The molecule has 2 rings (SSSR count). The second kappa shape index (κ2) is 6.56. The summed E-state index contributed by atoms with van der Waals surface area (Å²) in [4.78, 5) is 0. The SMILES string of the molecule is Cc1cn[n-]c1.Cc1cn[n-]c1.[Ga+3]. The maximum Gasteiger partial charge on any atom is 3.00 e. The Morgan fingerprint density at radius 3 is 1.38 bits per heavy atom. The number of hydrogen-bond donors (Lipinski definition) is 0. The van der Waals surface area contributed by atoms with Gasteiger partial charge in [-0.2, -0.15) is 12.4 Å². The molecule has 0 saturated heterocycles. The van der Waals surface area contributed by atoms with E-state index in [9.17, 15) is 0 Å². The molecule has 5 heteroatoms. The minimum absolute atomic E-state index is 0. The van der Waals surface area contributed by atoms with Crippen molar-refractivity contribution in [1.82, 2.24) is 20.4 Å². The van der Waals surface area contributed by atoms with Crippen molar-refractivity contribution in [1.29, 1.82) is 0 Å². The molecule has 2 aromatic rings. The van der Waals surface area contributed by atoms with Crippen molar-refractivity contribution in [2.24, 2.45) is 0 Å². The molecule has 0 saturated carbocycles. The van der Waals surface area contributed by atoms with Gasteiger partial charge in [0.15, 0.2) is 0 Å². The fourth-order valence-corrected chi connectivity index (χ4v) is 0.564. The maximum absolute atomic E-state index is 3.57. The molecule has 0 bridgehead atoms. The van der Waals surface area contributed by atoms with Gasteiger partial charge in [0.2, 0.25) is 0 Å². The molecule has 0 spiro atoms. The van der Waals surface area contributed by atoms with E-state index in [0.717, 1.165) is 11.1 Å². The van der Waals surface area contributed by atoms with Gasteiger partial charge in [-0.1, -0.05) is 11.1 Å². The quantitative estimate of drug-likeness (QED) is 0.613. The van der Waals surface area contributed by atoms with Gasteiger partial charge < -0.3 is 20.4 Å². The van der Waals surface area contributed by atoms with Crippen LogP contribution in [0.3, 0.4) is 0 Å². The fraction of sp³-hybridized carbons (Fsp3) is 0.250. The number of nitrogens with zero attached hydrogens (tertiary/aromatic N) is 4. The van der Waals surface area contributed by atoms with Gasteiger partial charge in [-0.05, 0) is 13.8 Å². The standard InChI is InChI=1S/2C4H5N2.Ga/c2*1-4-2-5-6-3-4;/h2*2-3H,1H3;/q2*-1;+3. The van der Waals surface area contributed by atoms with E-state index in [1.54, 1.807) is 24.8 Å². The van der Waals surface area contributed by atoms with Gasteiger partial charge in [0.25, 0.3) is 0 Å². The minimum atomic E-state index is 0. The van der Waals surface area contributed by atoms with E-state index in [1.807, 2.05) is 13.8 Å². The zero-order valence-corrected chi connectivity index (χ0v) is 10.1. The summed E-state index contributed by atoms with van der Waals surface area (Å²) in [6.45, 7) is 3.92. The molecular weight excluding hydrogens is 222 g/mol. The second-order valence-electron chi connectivity index (χ2n) is 2.47. The molecule has 0 N–H and O–H groups in total. The van der Waals surface area contributed by atoms with Crippen molar-refractivity contribution in [3.8, 4) is 0 Å². The molecule has 0 unspecified atom stereocenters. The first kappa shape index (κ1) is 12.1. The molecule has 0 aliphatic carbocycles. The predicted molar refractivity (Wildman–Crippen MR) is 50.3 cm³/mol. The Hall–Kier alpha value is -0.944. The third-order valence-electron chi connectivity index (χ3n) is 1.18. The van der Waals surface area contributed by atoms with Gasteiger partial charge in [-0.3, -0.25) is 0 Å². The first-order chi connectivity index (χ1) is 5.79. The van der Waals surface area contributed by atoms with Crippen LogP contribution in [0.4, 0.5) is 0 Å². The Morgan fingerprint density at radius 1 is 0.923 bits per heavy atom. The van der Waals surface area contributed by atoms with Crippen LogP contribution in [0, 0.1) is 13.8 Å². The molecule has 0 radical (unpaired) electrons. The number of aryl methyl sites for hydroxylation is 2. The van der Waals surface area contributed by atoms with Crippen molar-refractivity contribution in [3.63, 3.8) is 0 Å². The number of aromatic nitrogens is 4. The average molecular weight is 232 g/mol. The van der Waals surface area contributed by atoms with Crippen LogP contribution in [-0.4, -0.2) is 30.0 Å². The van der Waals surface area contributed by atoms with E-state index < -0.39 is 0 Å². The summed E-state index contributed by atoms with van der Waals surface area (Å²) >= 11 is 0. The smallest absolute Gasteiger partial charge is 0.582 e. The Labute approximate surface area is 90.2 Å². The molecule has 0 atom stereocenters. The molecule has 0 aliphatic heterocycles. The van der Waals surface area contributed by atoms with E-state index in [4.69, 9.17) is 0 Å². The summed E-state index contributed by atoms with van der Waals surface area (Å²) in [7, 11) is 0. The van der Waals surface area contributed by atoms with Crippen LogP contribution in [-0.2, 0) is 0 Å². The Bertz CT molecular complexity index is 256. The summed E-state index contributed by atoms with van der Waals surface area (Å²) in [6, 6.07) is 0. The number of hydrogen-bond acceptors (Lipinski definition) is 2. The molecule has 13 heavy (non-hydrogen) atoms. The van der Waals surface area contributed by atoms with Crippen molar-refractivity contribution >= 4 is 19.8 Å². The van der Waals surface area contributed by atoms with Crippen LogP contribution in [0.1, 0.15) is 11.1 Å². The third kappa shape index (κ3) is 5.32. The van der Waals surface area contributed by atoms with E-state index >= 15 is 0 Å². The Balaban J connectivity index is 0.000000206. The van der Waals surface area contributed by atoms with Gasteiger partial charge in [0.1, 0.15) is 0 Å². The van der Waals surface area contributed by atoms with E-state index in [0.29, 0.717) is 0 Å². The molecule has 0 aromatic carbocycles. The molecule has 2 heterocycles. The van der Waals surface area contributed by atoms with Gasteiger partial charge >= 0.3 is 19.8 Å². The second-order valence-corrected chi connectivity index (χ2v) is 2.47. The molecule has 2 aromatic heterocycles. The van der Waals surface area contributed by atoms with Crippen LogP contribution in [0.15, 0.2) is 24.8 Å². The van der Waals surface area contributed by atoms with Gasteiger partial charge in [0.05, 0.1) is 0 Å². The number of rotatable bonds is 0. The van der Waals surface area contributed by atoms with E-state index in [2.05, 4.69) is 20.4 Å². The van der Waals surface area contributed by atoms with Crippen LogP contribution >= 0.6 is 0 Å². The largest absolute Gasteiger partial charge is 3.00 e. The van der Waals surface area contributed by atoms with E-state index in [-0.39, 0.29) is 19.8 Å². The first-order valence-corrected chi connectivity index (χ1v) is 3.59. The Morgan fingerprint density at radius 2 is 1.31 bits per heavy atom. The summed E-state index contributed by atoms with van der Waals surface area (Å²) in [5.74, 6) is 0. The zero-order chi connectivity index (χ0) is 8.81. The minimum Gasteiger partial charge on any atom is -0.582 e. The van der Waals surface area contributed by atoms with Crippen LogP contribution in [0.5, 0.6) is 0 Å². The van der Waals surface area contributed by atoms with Gasteiger partial charge in [0, 0.05) is 12.4 Å². The zero-order valence-electron chi connectivity index (χ0n) is 7.68. The first-order valence-electron chi connectivity index (χ1n) is 3.59. The third-order valence-corrected chi connectivity index (χ3v) is 1.18. The Kier molecular flexibility index (Phi) is 6.08. The molecule has 0 fully saturated rings. The fourth-order valence-electron chi connectivity index (χ4n) is 0.564. The van der Waals surface area contributed by atoms with Crippen LogP contribution in [0.2, 0.25) is 0 Å². The summed E-state index contributed by atoms with van der Waals surface area (Å²) in [5, 5.41) is 14.3. The summed E-state index contributed by atoms with van der Waals surface area (Å²) in [5.41, 5.74) is 2.24. The molecule has 0 amide bonds. The van der Waals surface area contributed by atoms with Crippen molar-refractivity contribution in [3.05, 3.63) is 35.9 Å². The summed E-state index contributed by atoms with van der Waals surface area (Å²) < 4.78 is 0. The van der Waals surface area contributed by atoms with Crippen LogP contribution < -0.4 is 10.2 Å². The molecule has 0 aliphatic rings. The average Bonchev–Trinajstić information content (AvgIpc) is 2.63. The van der Waals surface area contributed by atoms with Crippen molar-refractivity contribution in [2.45, 2.75) is 13.8 Å². The van der Waals surface area contributed by atoms with Crippen molar-refractivity contribution in [2.75, 3.05) is 0 Å². The van der Waals surface area contributed by atoms with Crippen LogP contribution in [0.25, 0.3) is 0 Å². The van der Waals surface area contributed by atoms with E-state index in [1.165, 1.54) is 0 Å². The molecule has 4 nitrogen and oxygen atoms in total. The van der Waals surface area contributed by atoms with Gasteiger partial charge in [-0.15, -0.1) is 0 Å². The monoisotopic (exact) mass is 231 g/mol. The van der Waals surface area contributed by atoms with Crippen molar-refractivity contribution < 1.29 is 0 Å². The summed E-state index contributed by atoms with van der Waals surface area (Å²) in [6.07, 6.45) is 6.89. The molecule has 64 valence electrons.